The number of hydrogen-bond acceptors (Lipinski definition) is 0. The van der Waals surface area contributed by atoms with Crippen LogP contribution >= 0.6 is 0 Å². The average molecular weight is 208 g/mol. The van der Waals surface area contributed by atoms with Gasteiger partial charge >= 0.3 is 33.9 Å². The largest absolute Gasteiger partial charge is 0 e. The molecule has 12 heavy (non-hydrogen) atoms. The molecule has 0 bridgehead atoms. The Bertz CT molecular complexity index is 130. The van der Waals surface area contributed by atoms with Gasteiger partial charge in [0.1, 0.15) is 0 Å². The van der Waals surface area contributed by atoms with Crippen molar-refractivity contribution in [3.8, 4) is 0 Å². The van der Waals surface area contributed by atoms with Crippen molar-refractivity contribution in [2.45, 2.75) is 6.92 Å². The quantitative estimate of drug-likeness (QED) is 0.272. The molecule has 4 heteroatoms. The van der Waals surface area contributed by atoms with E-state index in [0.29, 0.717) is 0 Å². The smallest absolute Gasteiger partial charge is 0 e. The van der Waals surface area contributed by atoms with E-state index in [4.69, 9.17) is 14.0 Å². The van der Waals surface area contributed by atoms with E-state index in [1.165, 1.54) is 0 Å². The maximum atomic E-state index is 7.50. The molecule has 0 rings (SSSR count). The van der Waals surface area contributed by atoms with Crippen molar-refractivity contribution in [1.82, 2.24) is 0 Å². The minimum absolute atomic E-state index is 0. The molecule has 0 aliphatic heterocycles. The first-order valence-electron chi connectivity index (χ1n) is 2.16. The molecule has 0 atom stereocenters. The van der Waals surface area contributed by atoms with Crippen molar-refractivity contribution in [2.75, 3.05) is 0 Å². The fourth-order valence-corrected chi connectivity index (χ4v) is 0. The van der Waals surface area contributed by atoms with Gasteiger partial charge in [-0.25, -0.2) is 0 Å². The van der Waals surface area contributed by atoms with Gasteiger partial charge in [0.15, 0.2) is 0 Å². The summed E-state index contributed by atoms with van der Waals surface area (Å²) in [4.78, 5) is 0. The molecule has 0 aromatic rings. The molecule has 0 radical (unpaired) electrons. The second-order valence-electron chi connectivity index (χ2n) is 1.05. The van der Waals surface area contributed by atoms with Gasteiger partial charge in [-0.05, 0) is 6.92 Å². The van der Waals surface area contributed by atoms with Gasteiger partial charge in [0, 0.05) is 17.1 Å². The first kappa shape index (κ1) is 30.3. The zero-order valence-electron chi connectivity index (χ0n) is 6.57. The van der Waals surface area contributed by atoms with Crippen LogP contribution in [0.25, 0.3) is 0 Å². The number of rotatable bonds is 1. The van der Waals surface area contributed by atoms with E-state index in [9.17, 15) is 0 Å². The Balaban J connectivity index is -0.0000000203. The average Bonchev–Trinajstić information content (AvgIpc) is 2.15. The van der Waals surface area contributed by atoms with Crippen LogP contribution in [0.2, 0.25) is 0 Å². The van der Waals surface area contributed by atoms with Crippen LogP contribution in [0.4, 0.5) is 0 Å². The van der Waals surface area contributed by atoms with Crippen molar-refractivity contribution in [1.29, 1.82) is 0 Å². The summed E-state index contributed by atoms with van der Waals surface area (Å²) in [5.41, 5.74) is 1.02. The van der Waals surface area contributed by atoms with Gasteiger partial charge < -0.3 is 0 Å². The Labute approximate surface area is 83.2 Å². The summed E-state index contributed by atoms with van der Waals surface area (Å²) < 4.78 is 22.5. The molecule has 0 aromatic heterocycles. The third-order valence-corrected chi connectivity index (χ3v) is 0.348. The molecule has 0 aliphatic rings. The van der Waals surface area contributed by atoms with Gasteiger partial charge in [-0.15, -0.1) is 0 Å². The maximum absolute atomic E-state index is 7.50. The predicted octanol–water partition coefficient (Wildman–Crippen LogP) is 1.63. The minimum atomic E-state index is 0. The van der Waals surface area contributed by atoms with Crippen molar-refractivity contribution >= 4 is 0 Å². The van der Waals surface area contributed by atoms with Crippen LogP contribution in [0.3, 0.4) is 0 Å². The van der Waals surface area contributed by atoms with E-state index < -0.39 is 0 Å². The van der Waals surface area contributed by atoms with Crippen LogP contribution < -0.4 is 0 Å². The fourth-order valence-electron chi connectivity index (χ4n) is 0. The fraction of sp³-hybridized carbons (Fsp3) is 0.125. The van der Waals surface area contributed by atoms with E-state index in [-0.39, 0.29) is 17.1 Å². The molecule has 0 fully saturated rings. The van der Waals surface area contributed by atoms with Crippen molar-refractivity contribution < 1.29 is 31.0 Å². The Kier molecular flexibility index (Phi) is 212. The summed E-state index contributed by atoms with van der Waals surface area (Å²) in [6, 6.07) is 0. The normalized spacial score (nSPS) is 3.25. The summed E-state index contributed by atoms with van der Waals surface area (Å²) in [5, 5.41) is 0. The Morgan fingerprint density at radius 1 is 1.08 bits per heavy atom. The Morgan fingerprint density at radius 3 is 1.17 bits per heavy atom. The molecular formula is C8H8FeO3. The molecule has 0 unspecified atom stereocenters. The van der Waals surface area contributed by atoms with E-state index in [1.807, 2.05) is 6.92 Å². The summed E-state index contributed by atoms with van der Waals surface area (Å²) in [6.45, 7) is 22.4. The number of hydrogen-bond donors (Lipinski definition) is 0. The molecule has 0 heterocycles. The maximum Gasteiger partial charge on any atom is 0 e. The van der Waals surface area contributed by atoms with E-state index >= 15 is 0 Å². The second-order valence-corrected chi connectivity index (χ2v) is 1.05. The standard InChI is InChI=1S/C5H8.3CO.Fe/c1-4-5(2)3;3*1-2;/h4H,1-2H2,3H3;;;;. The van der Waals surface area contributed by atoms with Crippen LogP contribution in [-0.4, -0.2) is 0 Å². The van der Waals surface area contributed by atoms with E-state index in [2.05, 4.69) is 33.1 Å². The summed E-state index contributed by atoms with van der Waals surface area (Å²) >= 11 is 0. The van der Waals surface area contributed by atoms with Gasteiger partial charge in [-0.2, -0.15) is 0 Å². The summed E-state index contributed by atoms with van der Waals surface area (Å²) in [5.74, 6) is 0. The molecule has 0 spiro atoms. The van der Waals surface area contributed by atoms with Crippen LogP contribution in [0, 0.1) is 20.0 Å². The van der Waals surface area contributed by atoms with E-state index in [0.717, 1.165) is 5.57 Å². The van der Waals surface area contributed by atoms with Crippen LogP contribution in [-0.2, 0) is 31.0 Å². The monoisotopic (exact) mass is 208 g/mol. The Hall–Kier alpha value is -0.781. The molecule has 0 aromatic carbocycles. The molecule has 66 valence electrons. The molecule has 3 nitrogen and oxygen atoms in total. The zero-order chi connectivity index (χ0) is 10.3. The van der Waals surface area contributed by atoms with Crippen molar-refractivity contribution in [2.24, 2.45) is 0 Å². The van der Waals surface area contributed by atoms with Gasteiger partial charge in [-0.3, -0.25) is 0 Å². The molecule has 0 aliphatic carbocycles. The molecule has 0 saturated carbocycles. The van der Waals surface area contributed by atoms with E-state index in [1.54, 1.807) is 6.08 Å². The van der Waals surface area contributed by atoms with Crippen molar-refractivity contribution in [3.63, 3.8) is 0 Å². The van der Waals surface area contributed by atoms with Gasteiger partial charge in [-0.1, -0.05) is 24.8 Å². The predicted molar refractivity (Wildman–Crippen MR) is 36.8 cm³/mol. The Morgan fingerprint density at radius 2 is 1.17 bits per heavy atom. The first-order valence-corrected chi connectivity index (χ1v) is 2.16. The summed E-state index contributed by atoms with van der Waals surface area (Å²) in [6.07, 6.45) is 1.72. The second kappa shape index (κ2) is 83.8. The van der Waals surface area contributed by atoms with Gasteiger partial charge in [0.05, 0.1) is 0 Å². The molecule has 0 amide bonds. The SMILES string of the molecule is C=CC(=C)C.[C-]#[O+].[C-]#[O+].[C-]#[O+].[Fe]. The van der Waals surface area contributed by atoms with Gasteiger partial charge in [0.2, 0.25) is 0 Å². The van der Waals surface area contributed by atoms with Crippen LogP contribution in [0.1, 0.15) is 6.92 Å². The topological polar surface area (TPSA) is 59.7 Å². The van der Waals surface area contributed by atoms with Crippen molar-refractivity contribution in [3.05, 3.63) is 44.8 Å². The van der Waals surface area contributed by atoms with Crippen LogP contribution in [0.15, 0.2) is 24.8 Å². The first-order chi connectivity index (χ1) is 5.27. The third-order valence-electron chi connectivity index (χ3n) is 0.348. The molecule has 0 N–H and O–H groups in total. The third kappa shape index (κ3) is 419. The zero-order valence-corrected chi connectivity index (χ0v) is 7.67. The molecular weight excluding hydrogens is 200 g/mol. The van der Waals surface area contributed by atoms with Gasteiger partial charge in [0.25, 0.3) is 0 Å². The van der Waals surface area contributed by atoms with Crippen LogP contribution in [0.5, 0.6) is 0 Å². The number of allylic oxidation sites excluding steroid dienone is 2. The minimum Gasteiger partial charge on any atom is 0 e. The summed E-state index contributed by atoms with van der Waals surface area (Å²) in [7, 11) is 0. The molecule has 0 saturated heterocycles.